The second-order valence-corrected chi connectivity index (χ2v) is 10.9. The van der Waals surface area contributed by atoms with E-state index in [1.807, 2.05) is 74.0 Å². The lowest BCUT2D eigenvalue weighted by molar-refractivity contribution is -0.131. The first-order valence-electron chi connectivity index (χ1n) is 13.0. The molecule has 1 amide bonds. The van der Waals surface area contributed by atoms with Gasteiger partial charge in [-0.1, -0.05) is 17.7 Å². The van der Waals surface area contributed by atoms with Crippen LogP contribution in [0.15, 0.2) is 53.5 Å². The van der Waals surface area contributed by atoms with Crippen LogP contribution in [-0.2, 0) is 4.79 Å². The lowest BCUT2D eigenvalue weighted by atomic mass is 9.90. The van der Waals surface area contributed by atoms with Gasteiger partial charge in [-0.05, 0) is 110 Å². The lowest BCUT2D eigenvalue weighted by Gasteiger charge is -2.36. The van der Waals surface area contributed by atoms with Gasteiger partial charge in [0.1, 0.15) is 6.04 Å². The molecule has 3 aromatic rings. The van der Waals surface area contributed by atoms with Crippen LogP contribution < -0.4 is 10.2 Å². The summed E-state index contributed by atoms with van der Waals surface area (Å²) in [7, 11) is 1.88. The van der Waals surface area contributed by atoms with Gasteiger partial charge in [0.05, 0.1) is 23.7 Å². The molecule has 2 atom stereocenters. The number of carbonyl (C=O) groups excluding carboxylic acids is 1. The fourth-order valence-corrected chi connectivity index (χ4v) is 5.85. The van der Waals surface area contributed by atoms with Crippen LogP contribution in [0.2, 0.25) is 5.02 Å². The van der Waals surface area contributed by atoms with Crippen LogP contribution >= 0.6 is 11.6 Å². The van der Waals surface area contributed by atoms with Crippen molar-refractivity contribution < 1.29 is 4.79 Å². The summed E-state index contributed by atoms with van der Waals surface area (Å²) in [6.07, 6.45) is 3.94. The number of nitriles is 1. The number of rotatable bonds is 5. The number of aryl methyl sites for hydroxylation is 3. The van der Waals surface area contributed by atoms with Crippen LogP contribution in [0.25, 0.3) is 11.1 Å². The predicted octanol–water partition coefficient (Wildman–Crippen LogP) is 6.24. The summed E-state index contributed by atoms with van der Waals surface area (Å²) in [5.41, 5.74) is 8.05. The van der Waals surface area contributed by atoms with E-state index in [4.69, 9.17) is 16.6 Å². The number of benzene rings is 3. The highest BCUT2D eigenvalue weighted by Gasteiger charge is 2.35. The standard InChI is InChI=1S/C31H32ClN5O/c1-19-8-22(16-33)13-23(9-19)27-15-28-29(12-21(27)3)35-18-37(26-11-20(2)10-24(32)14-26)30(28)31(38)36(4)17-25-6-5-7-34-25/h8-15,18,25,30,34H,5-7,17H2,1-4H3/t25-,30?/m0/s1. The average molecular weight is 526 g/mol. The van der Waals surface area contributed by atoms with Gasteiger partial charge in [-0.15, -0.1) is 0 Å². The summed E-state index contributed by atoms with van der Waals surface area (Å²) < 4.78 is 0. The zero-order chi connectivity index (χ0) is 27.0. The Morgan fingerprint density at radius 1 is 1.13 bits per heavy atom. The minimum Gasteiger partial charge on any atom is -0.342 e. The number of hydrogen-bond donors (Lipinski definition) is 1. The number of anilines is 1. The van der Waals surface area contributed by atoms with Gasteiger partial charge in [0.15, 0.2) is 0 Å². The Balaban J connectivity index is 1.63. The highest BCUT2D eigenvalue weighted by atomic mass is 35.5. The van der Waals surface area contributed by atoms with E-state index in [2.05, 4.69) is 23.5 Å². The molecule has 1 fully saturated rings. The van der Waals surface area contributed by atoms with Crippen molar-refractivity contribution in [3.8, 4) is 17.2 Å². The minimum atomic E-state index is -0.605. The molecule has 7 heteroatoms. The first-order valence-corrected chi connectivity index (χ1v) is 13.4. The maximum Gasteiger partial charge on any atom is 0.250 e. The molecule has 3 aromatic carbocycles. The monoisotopic (exact) mass is 525 g/mol. The molecule has 2 aliphatic rings. The van der Waals surface area contributed by atoms with Crippen molar-refractivity contribution in [3.05, 3.63) is 81.4 Å². The Bertz CT molecular complexity index is 1450. The van der Waals surface area contributed by atoms with Crippen LogP contribution in [0.1, 0.15) is 46.7 Å². The van der Waals surface area contributed by atoms with Crippen LogP contribution in [0.3, 0.4) is 0 Å². The number of nitrogens with zero attached hydrogens (tertiary/aromatic N) is 4. The number of hydrogen-bond acceptors (Lipinski definition) is 5. The molecular weight excluding hydrogens is 494 g/mol. The van der Waals surface area contributed by atoms with Gasteiger partial charge in [-0.3, -0.25) is 4.79 Å². The third-order valence-electron chi connectivity index (χ3n) is 7.38. The molecule has 194 valence electrons. The number of fused-ring (bicyclic) bond motifs is 1. The molecule has 1 unspecified atom stereocenters. The van der Waals surface area contributed by atoms with Crippen LogP contribution in [0.5, 0.6) is 0 Å². The van der Waals surface area contributed by atoms with Crippen LogP contribution in [-0.4, -0.2) is 43.3 Å². The van der Waals surface area contributed by atoms with E-state index < -0.39 is 6.04 Å². The Labute approximate surface area is 229 Å². The van der Waals surface area contributed by atoms with E-state index in [1.54, 1.807) is 6.34 Å². The van der Waals surface area contributed by atoms with Gasteiger partial charge in [0, 0.05) is 35.9 Å². The normalized spacial score (nSPS) is 18.3. The Morgan fingerprint density at radius 2 is 1.92 bits per heavy atom. The molecule has 2 heterocycles. The summed E-state index contributed by atoms with van der Waals surface area (Å²) in [4.78, 5) is 22.7. The molecule has 0 aromatic heterocycles. The third kappa shape index (κ3) is 5.18. The van der Waals surface area contributed by atoms with Gasteiger partial charge in [0.25, 0.3) is 0 Å². The van der Waals surface area contributed by atoms with Crippen molar-refractivity contribution in [1.82, 2.24) is 10.2 Å². The smallest absolute Gasteiger partial charge is 0.250 e. The summed E-state index contributed by atoms with van der Waals surface area (Å²) in [6, 6.07) is 17.7. The second-order valence-electron chi connectivity index (χ2n) is 10.5. The van der Waals surface area contributed by atoms with E-state index in [0.29, 0.717) is 23.2 Å². The third-order valence-corrected chi connectivity index (χ3v) is 7.60. The van der Waals surface area contributed by atoms with Gasteiger partial charge in [-0.2, -0.15) is 5.26 Å². The number of amides is 1. The summed E-state index contributed by atoms with van der Waals surface area (Å²) >= 11 is 6.44. The molecule has 0 bridgehead atoms. The van der Waals surface area contributed by atoms with E-state index in [1.165, 1.54) is 0 Å². The maximum atomic E-state index is 14.2. The lowest BCUT2D eigenvalue weighted by Crippen LogP contribution is -2.46. The predicted molar refractivity (Wildman–Crippen MR) is 154 cm³/mol. The van der Waals surface area contributed by atoms with Crippen molar-refractivity contribution in [2.45, 2.75) is 45.7 Å². The topological polar surface area (TPSA) is 71.7 Å². The Hall–Kier alpha value is -3.66. The molecule has 38 heavy (non-hydrogen) atoms. The van der Waals surface area contributed by atoms with Crippen molar-refractivity contribution in [1.29, 1.82) is 5.26 Å². The van der Waals surface area contributed by atoms with Gasteiger partial charge in [-0.25, -0.2) is 4.99 Å². The maximum absolute atomic E-state index is 14.2. The van der Waals surface area contributed by atoms with Crippen molar-refractivity contribution in [3.63, 3.8) is 0 Å². The van der Waals surface area contributed by atoms with E-state index in [-0.39, 0.29) is 5.91 Å². The highest BCUT2D eigenvalue weighted by molar-refractivity contribution is 6.31. The first kappa shape index (κ1) is 26.0. The van der Waals surface area contributed by atoms with Crippen molar-refractivity contribution >= 4 is 35.2 Å². The fraction of sp³-hybridized carbons (Fsp3) is 0.323. The quantitative estimate of drug-likeness (QED) is 0.428. The van der Waals surface area contributed by atoms with Crippen molar-refractivity contribution in [2.75, 3.05) is 25.0 Å². The second kappa shape index (κ2) is 10.6. The zero-order valence-electron chi connectivity index (χ0n) is 22.3. The van der Waals surface area contributed by atoms with E-state index in [9.17, 15) is 10.1 Å². The largest absolute Gasteiger partial charge is 0.342 e. The number of halogens is 1. The summed E-state index contributed by atoms with van der Waals surface area (Å²) in [5, 5.41) is 13.7. The molecule has 1 N–H and O–H groups in total. The van der Waals surface area contributed by atoms with E-state index in [0.717, 1.165) is 64.1 Å². The summed E-state index contributed by atoms with van der Waals surface area (Å²) in [5.74, 6) is 0.000452. The highest BCUT2D eigenvalue weighted by Crippen LogP contribution is 2.41. The van der Waals surface area contributed by atoms with Crippen LogP contribution in [0.4, 0.5) is 11.4 Å². The van der Waals surface area contributed by atoms with Crippen molar-refractivity contribution in [2.24, 2.45) is 4.99 Å². The summed E-state index contributed by atoms with van der Waals surface area (Å²) in [6.45, 7) is 7.66. The van der Waals surface area contributed by atoms with Crippen LogP contribution in [0, 0.1) is 32.1 Å². The zero-order valence-corrected chi connectivity index (χ0v) is 23.0. The average Bonchev–Trinajstić information content (AvgIpc) is 3.39. The molecule has 0 spiro atoms. The van der Waals surface area contributed by atoms with E-state index >= 15 is 0 Å². The molecule has 1 saturated heterocycles. The molecule has 2 aliphatic heterocycles. The molecule has 0 saturated carbocycles. The van der Waals surface area contributed by atoms with Gasteiger partial charge >= 0.3 is 0 Å². The number of nitrogens with one attached hydrogen (secondary N) is 1. The SMILES string of the molecule is Cc1cc(C#N)cc(-c2cc3c(cc2C)N=CN(c2cc(C)cc(Cl)c2)C3C(=O)N(C)C[C@@H]2CCCN2)c1. The molecule has 0 radical (unpaired) electrons. The first-order chi connectivity index (χ1) is 18.2. The number of carbonyl (C=O) groups is 1. The molecule has 6 nitrogen and oxygen atoms in total. The number of likely N-dealkylation sites (N-methyl/N-ethyl adjacent to an activating group) is 1. The molecule has 5 rings (SSSR count). The molecular formula is C31H32ClN5O. The minimum absolute atomic E-state index is 0.000452. The Morgan fingerprint density at radius 3 is 2.63 bits per heavy atom. The number of aliphatic imine (C=N–C) groups is 1. The Kier molecular flexibility index (Phi) is 7.25. The molecule has 0 aliphatic carbocycles. The fourth-order valence-electron chi connectivity index (χ4n) is 5.57. The van der Waals surface area contributed by atoms with Gasteiger partial charge in [0.2, 0.25) is 5.91 Å². The van der Waals surface area contributed by atoms with Gasteiger partial charge < -0.3 is 15.1 Å².